The van der Waals surface area contributed by atoms with E-state index in [0.717, 1.165) is 29.5 Å². The normalized spacial score (nSPS) is 11.3. The van der Waals surface area contributed by atoms with Crippen molar-refractivity contribution < 1.29 is 5.73 Å². The van der Waals surface area contributed by atoms with Crippen molar-refractivity contribution >= 4 is 28.7 Å². The van der Waals surface area contributed by atoms with Crippen LogP contribution in [0.1, 0.15) is 18.4 Å². The molecule has 0 aliphatic rings. The van der Waals surface area contributed by atoms with Crippen molar-refractivity contribution in [2.45, 2.75) is 19.4 Å². The van der Waals surface area contributed by atoms with Gasteiger partial charge in [0, 0.05) is 25.7 Å². The average molecular weight is 392 g/mol. The Morgan fingerprint density at radius 1 is 1.15 bits per heavy atom. The van der Waals surface area contributed by atoms with Crippen LogP contribution in [0.15, 0.2) is 33.9 Å². The van der Waals surface area contributed by atoms with E-state index in [1.54, 1.807) is 11.6 Å². The summed E-state index contributed by atoms with van der Waals surface area (Å²) in [4.78, 5) is 29.6. The molecule has 4 N–H and O–H groups in total. The minimum atomic E-state index is -0.404. The second-order valence-corrected chi connectivity index (χ2v) is 6.89. The molecular formula is C18H24ClN6O2+. The number of nitrogens with one attached hydrogen (secondary N) is 1. The van der Waals surface area contributed by atoms with Crippen LogP contribution in [-0.4, -0.2) is 31.8 Å². The number of unbranched alkanes of at least 4 members (excludes halogenated alkanes) is 1. The highest BCUT2D eigenvalue weighted by Gasteiger charge is 2.19. The van der Waals surface area contributed by atoms with Gasteiger partial charge in [-0.1, -0.05) is 29.8 Å². The molecule has 144 valence electrons. The molecule has 0 aliphatic carbocycles. The van der Waals surface area contributed by atoms with Gasteiger partial charge in [0.2, 0.25) is 5.95 Å². The van der Waals surface area contributed by atoms with Crippen molar-refractivity contribution in [3.63, 3.8) is 0 Å². The quantitative estimate of drug-likeness (QED) is 0.575. The lowest BCUT2D eigenvalue weighted by atomic mass is 10.2. The first-order valence-corrected chi connectivity index (χ1v) is 9.26. The van der Waals surface area contributed by atoms with Gasteiger partial charge in [-0.05, 0) is 24.5 Å². The van der Waals surface area contributed by atoms with Gasteiger partial charge in [0.25, 0.3) is 5.56 Å². The van der Waals surface area contributed by atoms with Gasteiger partial charge in [-0.3, -0.25) is 18.5 Å². The first kappa shape index (κ1) is 19.2. The third kappa shape index (κ3) is 3.63. The molecule has 8 nitrogen and oxygen atoms in total. The largest absolute Gasteiger partial charge is 0.358 e. The fourth-order valence-electron chi connectivity index (χ4n) is 3.03. The van der Waals surface area contributed by atoms with Crippen molar-refractivity contribution in [1.82, 2.24) is 18.7 Å². The number of hydrogen-bond donors (Lipinski definition) is 2. The maximum Gasteiger partial charge on any atom is 0.332 e. The van der Waals surface area contributed by atoms with Crippen molar-refractivity contribution in [2.24, 2.45) is 14.1 Å². The van der Waals surface area contributed by atoms with E-state index in [1.807, 2.05) is 24.3 Å². The highest BCUT2D eigenvalue weighted by atomic mass is 35.5. The molecular weight excluding hydrogens is 368 g/mol. The number of aromatic nitrogens is 4. The molecule has 0 spiro atoms. The standard InChI is InChI=1S/C18H23ClN6O2/c1-23-15-14(16(26)24(2)18(23)27)25(11-12-7-3-4-8-13(12)19)17(22-15)21-10-6-5-9-20/h3-4,7-8H,5-6,9-11,20H2,1-2H3,(H,21,22)/p+1. The Morgan fingerprint density at radius 2 is 1.89 bits per heavy atom. The summed E-state index contributed by atoms with van der Waals surface area (Å²) in [6.45, 7) is 1.95. The van der Waals surface area contributed by atoms with E-state index in [0.29, 0.717) is 35.2 Å². The van der Waals surface area contributed by atoms with Gasteiger partial charge in [0.05, 0.1) is 13.1 Å². The van der Waals surface area contributed by atoms with E-state index in [4.69, 9.17) is 11.6 Å². The minimum absolute atomic E-state index is 0.356. The lowest BCUT2D eigenvalue weighted by molar-refractivity contribution is -0.368. The Bertz CT molecular complexity index is 1080. The van der Waals surface area contributed by atoms with Crippen LogP contribution in [0, 0.1) is 0 Å². The highest BCUT2D eigenvalue weighted by molar-refractivity contribution is 6.31. The Morgan fingerprint density at radius 3 is 2.59 bits per heavy atom. The van der Waals surface area contributed by atoms with Crippen LogP contribution in [0.5, 0.6) is 0 Å². The lowest BCUT2D eigenvalue weighted by Gasteiger charge is -2.12. The highest BCUT2D eigenvalue weighted by Crippen LogP contribution is 2.22. The number of rotatable bonds is 7. The topological polar surface area (TPSA) is 101 Å². The van der Waals surface area contributed by atoms with Crippen molar-refractivity contribution in [1.29, 1.82) is 0 Å². The Labute approximate surface area is 161 Å². The molecule has 1 aromatic carbocycles. The third-order valence-corrected chi connectivity index (χ3v) is 4.96. The number of fused-ring (bicyclic) bond motifs is 1. The van der Waals surface area contributed by atoms with E-state index < -0.39 is 5.69 Å². The van der Waals surface area contributed by atoms with Gasteiger partial charge in [0.15, 0.2) is 11.2 Å². The van der Waals surface area contributed by atoms with E-state index in [1.165, 1.54) is 11.6 Å². The zero-order valence-electron chi connectivity index (χ0n) is 15.5. The number of hydrogen-bond acceptors (Lipinski definition) is 4. The van der Waals surface area contributed by atoms with Crippen LogP contribution in [0.25, 0.3) is 11.2 Å². The summed E-state index contributed by atoms with van der Waals surface area (Å²) in [5.41, 5.74) is 4.67. The number of halogens is 1. The molecule has 0 fully saturated rings. The first-order valence-electron chi connectivity index (χ1n) is 8.88. The van der Waals surface area contributed by atoms with E-state index in [9.17, 15) is 9.59 Å². The molecule has 3 rings (SSSR count). The van der Waals surface area contributed by atoms with Crippen LogP contribution in [0.3, 0.4) is 0 Å². The number of quaternary nitrogens is 1. The molecule has 9 heteroatoms. The van der Waals surface area contributed by atoms with E-state index in [-0.39, 0.29) is 5.56 Å². The number of imidazole rings is 1. The summed E-state index contributed by atoms with van der Waals surface area (Å²) in [5.74, 6) is 0.548. The second-order valence-electron chi connectivity index (χ2n) is 6.48. The molecule has 0 unspecified atom stereocenters. The number of benzene rings is 1. The molecule has 0 saturated heterocycles. The van der Waals surface area contributed by atoms with Gasteiger partial charge in [-0.2, -0.15) is 4.98 Å². The number of anilines is 1. The summed E-state index contributed by atoms with van der Waals surface area (Å²) in [6.07, 6.45) is 1.94. The summed E-state index contributed by atoms with van der Waals surface area (Å²) in [5, 5.41) is 3.90. The minimum Gasteiger partial charge on any atom is -0.358 e. The number of nitrogens with zero attached hydrogens (tertiary/aromatic N) is 4. The number of aryl methyl sites for hydroxylation is 1. The second kappa shape index (κ2) is 7.98. The monoisotopic (exact) mass is 391 g/mol. The zero-order valence-corrected chi connectivity index (χ0v) is 16.3. The van der Waals surface area contributed by atoms with Crippen molar-refractivity contribution in [3.05, 3.63) is 55.7 Å². The smallest absolute Gasteiger partial charge is 0.332 e. The Hall–Kier alpha value is -2.58. The van der Waals surface area contributed by atoms with Gasteiger partial charge in [-0.15, -0.1) is 0 Å². The Kier molecular flexibility index (Phi) is 5.67. The molecule has 0 saturated carbocycles. The predicted molar refractivity (Wildman–Crippen MR) is 106 cm³/mol. The summed E-state index contributed by atoms with van der Waals surface area (Å²) in [6, 6.07) is 7.48. The van der Waals surface area contributed by atoms with Gasteiger partial charge >= 0.3 is 5.69 Å². The fraction of sp³-hybridized carbons (Fsp3) is 0.389. The maximum absolute atomic E-state index is 12.8. The SMILES string of the molecule is Cn1c(=O)c2c(nc(NCCCC[NH3+])n2Cc2ccccc2Cl)n(C)c1=O. The van der Waals surface area contributed by atoms with Crippen LogP contribution in [0.4, 0.5) is 5.95 Å². The van der Waals surface area contributed by atoms with E-state index >= 15 is 0 Å². The molecule has 0 bridgehead atoms. The lowest BCUT2D eigenvalue weighted by Crippen LogP contribution is -2.50. The zero-order chi connectivity index (χ0) is 19.6. The van der Waals surface area contributed by atoms with E-state index in [2.05, 4.69) is 16.0 Å². The summed E-state index contributed by atoms with van der Waals surface area (Å²) >= 11 is 6.32. The fourth-order valence-corrected chi connectivity index (χ4v) is 3.23. The maximum atomic E-state index is 12.8. The molecule has 0 atom stereocenters. The molecule has 3 aromatic rings. The molecule has 0 amide bonds. The van der Waals surface area contributed by atoms with Gasteiger partial charge in [-0.25, -0.2) is 4.79 Å². The third-order valence-electron chi connectivity index (χ3n) is 4.59. The van der Waals surface area contributed by atoms with Crippen LogP contribution >= 0.6 is 11.6 Å². The van der Waals surface area contributed by atoms with Crippen LogP contribution in [-0.2, 0) is 20.6 Å². The van der Waals surface area contributed by atoms with Gasteiger partial charge < -0.3 is 11.1 Å². The van der Waals surface area contributed by atoms with Crippen molar-refractivity contribution in [3.8, 4) is 0 Å². The summed E-state index contributed by atoms with van der Waals surface area (Å²) < 4.78 is 4.28. The molecule has 0 radical (unpaired) electrons. The van der Waals surface area contributed by atoms with Crippen LogP contribution < -0.4 is 22.3 Å². The van der Waals surface area contributed by atoms with Gasteiger partial charge in [0.1, 0.15) is 0 Å². The molecule has 2 heterocycles. The first-order chi connectivity index (χ1) is 13.0. The average Bonchev–Trinajstić information content (AvgIpc) is 3.02. The van der Waals surface area contributed by atoms with Crippen LogP contribution in [0.2, 0.25) is 5.02 Å². The Balaban J connectivity index is 2.16. The summed E-state index contributed by atoms with van der Waals surface area (Å²) in [7, 11) is 3.09. The molecule has 0 aliphatic heterocycles. The molecule has 27 heavy (non-hydrogen) atoms. The van der Waals surface area contributed by atoms with Crippen molar-refractivity contribution in [2.75, 3.05) is 18.4 Å². The predicted octanol–water partition coefficient (Wildman–Crippen LogP) is 0.569. The molecule has 2 aromatic heterocycles.